The highest BCUT2D eigenvalue weighted by molar-refractivity contribution is 5.86. The molecule has 2 aromatic carbocycles. The summed E-state index contributed by atoms with van der Waals surface area (Å²) >= 11 is 0. The Morgan fingerprint density at radius 2 is 1.77 bits per heavy atom. The van der Waals surface area contributed by atoms with Gasteiger partial charge in [0.25, 0.3) is 0 Å². The first-order chi connectivity index (χ1) is 10.6. The maximum Gasteiger partial charge on any atom is 0.247 e. The van der Waals surface area contributed by atoms with Gasteiger partial charge in [0.1, 0.15) is 6.04 Å². The van der Waals surface area contributed by atoms with Crippen LogP contribution in [0.5, 0.6) is 0 Å². The maximum absolute atomic E-state index is 12.6. The predicted octanol–water partition coefficient (Wildman–Crippen LogP) is 3.74. The standard InChI is InChI=1S/C19H22N2O/c1-13-7-6-10-17(14(13)2)21-18(15-8-4-3-5-9-15)19(22)20-16-11-12-16/h3-10,16,18,21H,11-12H2,1-2H3,(H,20,22)/t18-/m1/s1. The van der Waals surface area contributed by atoms with E-state index in [-0.39, 0.29) is 11.9 Å². The van der Waals surface area contributed by atoms with E-state index in [0.29, 0.717) is 6.04 Å². The van der Waals surface area contributed by atoms with Gasteiger partial charge in [-0.05, 0) is 49.4 Å². The second-order valence-corrected chi connectivity index (χ2v) is 6.02. The van der Waals surface area contributed by atoms with Crippen molar-refractivity contribution >= 4 is 11.6 Å². The Bertz CT molecular complexity index is 662. The van der Waals surface area contributed by atoms with Crippen molar-refractivity contribution in [3.05, 3.63) is 65.2 Å². The quantitative estimate of drug-likeness (QED) is 0.882. The van der Waals surface area contributed by atoms with Gasteiger partial charge in [0, 0.05) is 11.7 Å². The molecule has 0 bridgehead atoms. The second kappa shape index (κ2) is 6.22. The Labute approximate surface area is 131 Å². The van der Waals surface area contributed by atoms with Crippen molar-refractivity contribution in [1.29, 1.82) is 0 Å². The van der Waals surface area contributed by atoms with Crippen molar-refractivity contribution in [3.63, 3.8) is 0 Å². The average Bonchev–Trinajstić information content (AvgIpc) is 3.33. The van der Waals surface area contributed by atoms with Crippen molar-refractivity contribution in [3.8, 4) is 0 Å². The fraction of sp³-hybridized carbons (Fsp3) is 0.316. The summed E-state index contributed by atoms with van der Waals surface area (Å²) in [5.74, 6) is 0.0506. The molecular formula is C19H22N2O. The summed E-state index contributed by atoms with van der Waals surface area (Å²) in [6.07, 6.45) is 2.19. The molecule has 1 aliphatic rings. The molecule has 0 radical (unpaired) electrons. The first-order valence-electron chi connectivity index (χ1n) is 7.83. The van der Waals surface area contributed by atoms with Gasteiger partial charge in [-0.3, -0.25) is 4.79 Å². The Hall–Kier alpha value is -2.29. The number of hydrogen-bond donors (Lipinski definition) is 2. The Morgan fingerprint density at radius 3 is 2.45 bits per heavy atom. The van der Waals surface area contributed by atoms with Gasteiger partial charge in [-0.25, -0.2) is 0 Å². The molecule has 0 aliphatic heterocycles. The van der Waals surface area contributed by atoms with E-state index in [1.54, 1.807) is 0 Å². The van der Waals surface area contributed by atoms with E-state index in [1.165, 1.54) is 11.1 Å². The molecule has 0 saturated heterocycles. The monoisotopic (exact) mass is 294 g/mol. The van der Waals surface area contributed by atoms with Crippen LogP contribution in [0.25, 0.3) is 0 Å². The summed E-state index contributed by atoms with van der Waals surface area (Å²) in [7, 11) is 0. The predicted molar refractivity (Wildman–Crippen MR) is 89.9 cm³/mol. The van der Waals surface area contributed by atoms with Gasteiger partial charge in [-0.15, -0.1) is 0 Å². The zero-order valence-electron chi connectivity index (χ0n) is 13.1. The molecular weight excluding hydrogens is 272 g/mol. The minimum atomic E-state index is -0.359. The van der Waals surface area contributed by atoms with E-state index < -0.39 is 0 Å². The fourth-order valence-electron chi connectivity index (χ4n) is 2.52. The minimum Gasteiger partial charge on any atom is -0.370 e. The Balaban J connectivity index is 1.87. The van der Waals surface area contributed by atoms with Crippen molar-refractivity contribution in [2.75, 3.05) is 5.32 Å². The van der Waals surface area contributed by atoms with Gasteiger partial charge in [0.05, 0.1) is 0 Å². The molecule has 1 aliphatic carbocycles. The first kappa shape index (κ1) is 14.6. The minimum absolute atomic E-state index is 0.0506. The second-order valence-electron chi connectivity index (χ2n) is 6.02. The molecule has 0 heterocycles. The van der Waals surface area contributed by atoms with E-state index in [1.807, 2.05) is 42.5 Å². The lowest BCUT2D eigenvalue weighted by atomic mass is 10.0. The van der Waals surface area contributed by atoms with E-state index in [2.05, 4.69) is 30.5 Å². The molecule has 0 spiro atoms. The zero-order chi connectivity index (χ0) is 15.5. The normalized spacial score (nSPS) is 15.2. The summed E-state index contributed by atoms with van der Waals surface area (Å²) in [5, 5.41) is 6.53. The number of anilines is 1. The number of amides is 1. The van der Waals surface area contributed by atoms with Crippen LogP contribution in [0.3, 0.4) is 0 Å². The molecule has 0 unspecified atom stereocenters. The lowest BCUT2D eigenvalue weighted by Gasteiger charge is -2.21. The molecule has 114 valence electrons. The van der Waals surface area contributed by atoms with E-state index in [0.717, 1.165) is 24.1 Å². The average molecular weight is 294 g/mol. The third-order valence-electron chi connectivity index (χ3n) is 4.22. The van der Waals surface area contributed by atoms with Gasteiger partial charge in [-0.2, -0.15) is 0 Å². The van der Waals surface area contributed by atoms with Crippen LogP contribution in [0.1, 0.15) is 35.6 Å². The number of carbonyl (C=O) groups excluding carboxylic acids is 1. The molecule has 1 atom stereocenters. The number of nitrogens with one attached hydrogen (secondary N) is 2. The number of aryl methyl sites for hydroxylation is 1. The van der Waals surface area contributed by atoms with Gasteiger partial charge in [0.15, 0.2) is 0 Å². The third-order valence-corrected chi connectivity index (χ3v) is 4.22. The van der Waals surface area contributed by atoms with E-state index in [9.17, 15) is 4.79 Å². The van der Waals surface area contributed by atoms with Crippen molar-refractivity contribution < 1.29 is 4.79 Å². The highest BCUT2D eigenvalue weighted by atomic mass is 16.2. The van der Waals surface area contributed by atoms with Crippen molar-refractivity contribution in [2.45, 2.75) is 38.8 Å². The van der Waals surface area contributed by atoms with Crippen LogP contribution < -0.4 is 10.6 Å². The fourth-order valence-corrected chi connectivity index (χ4v) is 2.52. The molecule has 3 heteroatoms. The Kier molecular flexibility index (Phi) is 4.14. The van der Waals surface area contributed by atoms with Crippen molar-refractivity contribution in [2.24, 2.45) is 0 Å². The zero-order valence-corrected chi connectivity index (χ0v) is 13.1. The molecule has 1 saturated carbocycles. The Morgan fingerprint density at radius 1 is 1.05 bits per heavy atom. The molecule has 2 N–H and O–H groups in total. The molecule has 1 fully saturated rings. The number of carbonyl (C=O) groups is 1. The van der Waals surface area contributed by atoms with Gasteiger partial charge < -0.3 is 10.6 Å². The van der Waals surface area contributed by atoms with E-state index >= 15 is 0 Å². The van der Waals surface area contributed by atoms with E-state index in [4.69, 9.17) is 0 Å². The van der Waals surface area contributed by atoms with Crippen LogP contribution in [0.15, 0.2) is 48.5 Å². The molecule has 3 nitrogen and oxygen atoms in total. The number of hydrogen-bond acceptors (Lipinski definition) is 2. The highest BCUT2D eigenvalue weighted by Gasteiger charge is 2.28. The summed E-state index contributed by atoms with van der Waals surface area (Å²) in [5.41, 5.74) is 4.41. The van der Waals surface area contributed by atoms with Crippen LogP contribution in [0, 0.1) is 13.8 Å². The molecule has 2 aromatic rings. The summed E-state index contributed by atoms with van der Waals surface area (Å²) in [4.78, 5) is 12.6. The van der Waals surface area contributed by atoms with Crippen LogP contribution in [-0.2, 0) is 4.79 Å². The molecule has 1 amide bonds. The van der Waals surface area contributed by atoms with Crippen LogP contribution >= 0.6 is 0 Å². The third kappa shape index (κ3) is 3.30. The van der Waals surface area contributed by atoms with Crippen LogP contribution in [0.4, 0.5) is 5.69 Å². The number of benzene rings is 2. The lowest BCUT2D eigenvalue weighted by molar-refractivity contribution is -0.122. The summed E-state index contributed by atoms with van der Waals surface area (Å²) < 4.78 is 0. The van der Waals surface area contributed by atoms with Gasteiger partial charge in [-0.1, -0.05) is 42.5 Å². The molecule has 22 heavy (non-hydrogen) atoms. The SMILES string of the molecule is Cc1cccc(N[C@@H](C(=O)NC2CC2)c2ccccc2)c1C. The number of rotatable bonds is 5. The van der Waals surface area contributed by atoms with Gasteiger partial charge in [0.2, 0.25) is 5.91 Å². The summed E-state index contributed by atoms with van der Waals surface area (Å²) in [6, 6.07) is 16.0. The smallest absolute Gasteiger partial charge is 0.247 e. The highest BCUT2D eigenvalue weighted by Crippen LogP contribution is 2.26. The largest absolute Gasteiger partial charge is 0.370 e. The van der Waals surface area contributed by atoms with Crippen LogP contribution in [-0.4, -0.2) is 11.9 Å². The lowest BCUT2D eigenvalue weighted by Crippen LogP contribution is -2.35. The first-order valence-corrected chi connectivity index (χ1v) is 7.83. The van der Waals surface area contributed by atoms with Gasteiger partial charge >= 0.3 is 0 Å². The molecule has 3 rings (SSSR count). The van der Waals surface area contributed by atoms with Crippen LogP contribution in [0.2, 0.25) is 0 Å². The maximum atomic E-state index is 12.6. The topological polar surface area (TPSA) is 41.1 Å². The summed E-state index contributed by atoms with van der Waals surface area (Å²) in [6.45, 7) is 4.17. The van der Waals surface area contributed by atoms with Crippen molar-refractivity contribution in [1.82, 2.24) is 5.32 Å². The molecule has 0 aromatic heterocycles.